The SMILES string of the molecule is N#Cc1ccc(C(=O)NCC(=O)N2CCCC2)nc1. The molecule has 1 aliphatic heterocycles. The highest BCUT2D eigenvalue weighted by Crippen LogP contribution is 2.06. The molecule has 2 rings (SSSR count). The zero-order chi connectivity index (χ0) is 13.7. The molecule has 98 valence electrons. The number of likely N-dealkylation sites (tertiary alicyclic amines) is 1. The van der Waals surface area contributed by atoms with Crippen molar-refractivity contribution in [2.24, 2.45) is 0 Å². The van der Waals surface area contributed by atoms with Crippen molar-refractivity contribution in [2.75, 3.05) is 19.6 Å². The largest absolute Gasteiger partial charge is 0.342 e. The number of carbonyl (C=O) groups excluding carboxylic acids is 2. The molecular formula is C13H14N4O2. The monoisotopic (exact) mass is 258 g/mol. The average Bonchev–Trinajstić information content (AvgIpc) is 2.98. The third-order valence-corrected chi connectivity index (χ3v) is 2.98. The second-order valence-electron chi connectivity index (χ2n) is 4.31. The molecule has 2 amide bonds. The summed E-state index contributed by atoms with van der Waals surface area (Å²) in [6.45, 7) is 1.52. The van der Waals surface area contributed by atoms with Crippen LogP contribution in [0, 0.1) is 11.3 Å². The van der Waals surface area contributed by atoms with Crippen LogP contribution in [0.25, 0.3) is 0 Å². The Morgan fingerprint density at radius 3 is 2.68 bits per heavy atom. The van der Waals surface area contributed by atoms with Crippen LogP contribution in [0.15, 0.2) is 18.3 Å². The number of rotatable bonds is 3. The van der Waals surface area contributed by atoms with E-state index in [-0.39, 0.29) is 18.1 Å². The van der Waals surface area contributed by atoms with Crippen LogP contribution in [0.1, 0.15) is 28.9 Å². The standard InChI is InChI=1S/C13H14N4O2/c14-7-10-3-4-11(15-8-10)13(19)16-9-12(18)17-5-1-2-6-17/h3-4,8H,1-2,5-6,9H2,(H,16,19). The van der Waals surface area contributed by atoms with Crippen molar-refractivity contribution in [1.29, 1.82) is 5.26 Å². The molecule has 0 saturated carbocycles. The molecule has 2 heterocycles. The maximum Gasteiger partial charge on any atom is 0.270 e. The van der Waals surface area contributed by atoms with E-state index in [9.17, 15) is 9.59 Å². The molecule has 0 bridgehead atoms. The topological polar surface area (TPSA) is 86.1 Å². The highest BCUT2D eigenvalue weighted by Gasteiger charge is 2.18. The highest BCUT2D eigenvalue weighted by atomic mass is 16.2. The summed E-state index contributed by atoms with van der Waals surface area (Å²) in [7, 11) is 0. The Morgan fingerprint density at radius 2 is 2.11 bits per heavy atom. The first-order chi connectivity index (χ1) is 9.20. The first-order valence-electron chi connectivity index (χ1n) is 6.13. The Kier molecular flexibility index (Phi) is 4.08. The summed E-state index contributed by atoms with van der Waals surface area (Å²) < 4.78 is 0. The van der Waals surface area contributed by atoms with Gasteiger partial charge in [-0.05, 0) is 25.0 Å². The van der Waals surface area contributed by atoms with Crippen molar-refractivity contribution >= 4 is 11.8 Å². The predicted octanol–water partition coefficient (Wildman–Crippen LogP) is 0.305. The Balaban J connectivity index is 1.86. The molecule has 19 heavy (non-hydrogen) atoms. The molecule has 1 aromatic rings. The molecule has 1 saturated heterocycles. The molecule has 0 atom stereocenters. The van der Waals surface area contributed by atoms with Gasteiger partial charge in [0.05, 0.1) is 12.1 Å². The molecule has 0 radical (unpaired) electrons. The van der Waals surface area contributed by atoms with Crippen LogP contribution in [-0.2, 0) is 4.79 Å². The maximum atomic E-state index is 11.7. The molecule has 1 N–H and O–H groups in total. The number of amides is 2. The van der Waals surface area contributed by atoms with E-state index in [4.69, 9.17) is 5.26 Å². The summed E-state index contributed by atoms with van der Waals surface area (Å²) in [5, 5.41) is 11.2. The summed E-state index contributed by atoms with van der Waals surface area (Å²) in [4.78, 5) is 29.1. The van der Waals surface area contributed by atoms with Gasteiger partial charge in [-0.25, -0.2) is 4.98 Å². The number of nitrogens with one attached hydrogen (secondary N) is 1. The van der Waals surface area contributed by atoms with E-state index in [2.05, 4.69) is 10.3 Å². The van der Waals surface area contributed by atoms with Gasteiger partial charge in [-0.1, -0.05) is 0 Å². The molecule has 0 aliphatic carbocycles. The summed E-state index contributed by atoms with van der Waals surface area (Å²) >= 11 is 0. The fourth-order valence-electron chi connectivity index (χ4n) is 1.92. The minimum atomic E-state index is -0.406. The zero-order valence-corrected chi connectivity index (χ0v) is 10.4. The molecule has 1 aromatic heterocycles. The van der Waals surface area contributed by atoms with Crippen LogP contribution < -0.4 is 5.32 Å². The Labute approximate surface area is 111 Å². The Morgan fingerprint density at radius 1 is 1.37 bits per heavy atom. The maximum absolute atomic E-state index is 11.7. The van der Waals surface area contributed by atoms with E-state index in [1.165, 1.54) is 18.3 Å². The van der Waals surface area contributed by atoms with Crippen LogP contribution >= 0.6 is 0 Å². The Bertz CT molecular complexity index is 512. The van der Waals surface area contributed by atoms with Crippen LogP contribution in [0.2, 0.25) is 0 Å². The summed E-state index contributed by atoms with van der Waals surface area (Å²) in [6.07, 6.45) is 3.38. The van der Waals surface area contributed by atoms with E-state index in [1.54, 1.807) is 4.90 Å². The number of carbonyl (C=O) groups is 2. The smallest absolute Gasteiger partial charge is 0.270 e. The molecule has 0 unspecified atom stereocenters. The number of pyridine rings is 1. The molecule has 6 nitrogen and oxygen atoms in total. The number of aromatic nitrogens is 1. The zero-order valence-electron chi connectivity index (χ0n) is 10.4. The van der Waals surface area contributed by atoms with Gasteiger partial charge in [0.2, 0.25) is 5.91 Å². The molecular weight excluding hydrogens is 244 g/mol. The minimum Gasteiger partial charge on any atom is -0.342 e. The van der Waals surface area contributed by atoms with Gasteiger partial charge >= 0.3 is 0 Å². The number of hydrogen-bond acceptors (Lipinski definition) is 4. The molecule has 0 spiro atoms. The van der Waals surface area contributed by atoms with Gasteiger partial charge in [0.25, 0.3) is 5.91 Å². The van der Waals surface area contributed by atoms with Crippen molar-refractivity contribution in [2.45, 2.75) is 12.8 Å². The minimum absolute atomic E-state index is 0.0134. The van der Waals surface area contributed by atoms with Gasteiger partial charge in [-0.2, -0.15) is 5.26 Å². The lowest BCUT2D eigenvalue weighted by molar-refractivity contribution is -0.129. The predicted molar refractivity (Wildman–Crippen MR) is 67.1 cm³/mol. The van der Waals surface area contributed by atoms with E-state index in [0.717, 1.165) is 25.9 Å². The first-order valence-corrected chi connectivity index (χ1v) is 6.13. The Hall–Kier alpha value is -2.42. The summed E-state index contributed by atoms with van der Waals surface area (Å²) in [5.41, 5.74) is 0.595. The molecule has 1 fully saturated rings. The highest BCUT2D eigenvalue weighted by molar-refractivity contribution is 5.94. The number of hydrogen-bond donors (Lipinski definition) is 1. The quantitative estimate of drug-likeness (QED) is 0.845. The van der Waals surface area contributed by atoms with E-state index < -0.39 is 5.91 Å². The number of nitriles is 1. The third-order valence-electron chi connectivity index (χ3n) is 2.98. The van der Waals surface area contributed by atoms with Crippen LogP contribution in [0.5, 0.6) is 0 Å². The van der Waals surface area contributed by atoms with Gasteiger partial charge in [0.1, 0.15) is 11.8 Å². The van der Waals surface area contributed by atoms with E-state index in [1.807, 2.05) is 6.07 Å². The summed E-state index contributed by atoms with van der Waals surface area (Å²) in [6, 6.07) is 4.91. The van der Waals surface area contributed by atoms with Crippen molar-refractivity contribution in [3.8, 4) is 6.07 Å². The first kappa shape index (κ1) is 13.0. The third kappa shape index (κ3) is 3.28. The normalized spacial score (nSPS) is 13.9. The van der Waals surface area contributed by atoms with Crippen LogP contribution in [0.3, 0.4) is 0 Å². The average molecular weight is 258 g/mol. The van der Waals surface area contributed by atoms with Crippen LogP contribution in [-0.4, -0.2) is 41.3 Å². The van der Waals surface area contributed by atoms with Crippen molar-refractivity contribution in [3.63, 3.8) is 0 Å². The molecule has 6 heteroatoms. The lowest BCUT2D eigenvalue weighted by atomic mass is 10.2. The van der Waals surface area contributed by atoms with Gasteiger partial charge in [0, 0.05) is 19.3 Å². The molecule has 1 aliphatic rings. The molecule has 0 aromatic carbocycles. The second-order valence-corrected chi connectivity index (χ2v) is 4.31. The van der Waals surface area contributed by atoms with Gasteiger partial charge in [0.15, 0.2) is 0 Å². The summed E-state index contributed by atoms with van der Waals surface area (Å²) in [5.74, 6) is -0.475. The fraction of sp³-hybridized carbons (Fsp3) is 0.385. The van der Waals surface area contributed by atoms with Gasteiger partial charge in [-0.15, -0.1) is 0 Å². The lowest BCUT2D eigenvalue weighted by Crippen LogP contribution is -2.38. The number of nitrogens with zero attached hydrogens (tertiary/aromatic N) is 3. The van der Waals surface area contributed by atoms with E-state index in [0.29, 0.717) is 5.56 Å². The fourth-order valence-corrected chi connectivity index (χ4v) is 1.92. The van der Waals surface area contributed by atoms with Crippen LogP contribution in [0.4, 0.5) is 0 Å². The van der Waals surface area contributed by atoms with Gasteiger partial charge < -0.3 is 10.2 Å². The van der Waals surface area contributed by atoms with Crippen molar-refractivity contribution < 1.29 is 9.59 Å². The second kappa shape index (κ2) is 5.96. The lowest BCUT2D eigenvalue weighted by Gasteiger charge is -2.15. The van der Waals surface area contributed by atoms with Crippen molar-refractivity contribution in [1.82, 2.24) is 15.2 Å². The van der Waals surface area contributed by atoms with Gasteiger partial charge in [-0.3, -0.25) is 9.59 Å². The van der Waals surface area contributed by atoms with E-state index >= 15 is 0 Å². The van der Waals surface area contributed by atoms with Crippen molar-refractivity contribution in [3.05, 3.63) is 29.6 Å².